The molecular formula is C13H24ClN3O5S. The first-order valence-corrected chi connectivity index (χ1v) is 8.25. The fraction of sp³-hybridized carbons (Fsp3) is 0.615. The second-order valence-electron chi connectivity index (χ2n) is 4.82. The lowest BCUT2D eigenvalue weighted by molar-refractivity contribution is 0.0924. The topological polar surface area (TPSA) is 101 Å². The number of carbonyl (C=O) groups excluding carboxylic acids is 1. The number of halogens is 1. The molecule has 0 aromatic carbocycles. The molecular weight excluding hydrogens is 346 g/mol. The molecule has 1 aromatic heterocycles. The summed E-state index contributed by atoms with van der Waals surface area (Å²) < 4.78 is 35.3. The van der Waals surface area contributed by atoms with Crippen LogP contribution < -0.4 is 10.6 Å². The minimum Gasteiger partial charge on any atom is -0.455 e. The molecule has 1 aromatic rings. The number of nitrogens with zero attached hydrogens (tertiary/aromatic N) is 1. The van der Waals surface area contributed by atoms with E-state index in [1.54, 1.807) is 7.11 Å². The number of ether oxygens (including phenoxy) is 1. The summed E-state index contributed by atoms with van der Waals surface area (Å²) >= 11 is 0. The van der Waals surface area contributed by atoms with Gasteiger partial charge in [0.25, 0.3) is 5.91 Å². The molecule has 1 rings (SSSR count). The van der Waals surface area contributed by atoms with E-state index in [2.05, 4.69) is 10.6 Å². The average Bonchev–Trinajstić information content (AvgIpc) is 2.85. The Labute approximate surface area is 143 Å². The highest BCUT2D eigenvalue weighted by Gasteiger charge is 2.25. The van der Waals surface area contributed by atoms with Crippen LogP contribution in [-0.4, -0.2) is 66.1 Å². The van der Waals surface area contributed by atoms with Gasteiger partial charge in [0.15, 0.2) is 5.76 Å². The molecule has 0 saturated heterocycles. The molecule has 1 heterocycles. The molecule has 1 amide bonds. The van der Waals surface area contributed by atoms with Gasteiger partial charge in [0.1, 0.15) is 10.7 Å². The molecule has 23 heavy (non-hydrogen) atoms. The smallest absolute Gasteiger partial charge is 0.287 e. The normalized spacial score (nSPS) is 11.3. The van der Waals surface area contributed by atoms with Crippen molar-refractivity contribution < 1.29 is 22.4 Å². The summed E-state index contributed by atoms with van der Waals surface area (Å²) in [5.41, 5.74) is 0. The summed E-state index contributed by atoms with van der Waals surface area (Å²) in [6.45, 7) is 3.78. The van der Waals surface area contributed by atoms with Crippen LogP contribution >= 0.6 is 12.4 Å². The van der Waals surface area contributed by atoms with Crippen LogP contribution in [-0.2, 0) is 14.8 Å². The highest BCUT2D eigenvalue weighted by Crippen LogP contribution is 2.22. The number of methoxy groups -OCH3 is 1. The zero-order chi connectivity index (χ0) is 16.8. The summed E-state index contributed by atoms with van der Waals surface area (Å²) in [6, 6.07) is 1.25. The largest absolute Gasteiger partial charge is 0.455 e. The van der Waals surface area contributed by atoms with Gasteiger partial charge in [-0.25, -0.2) is 12.7 Å². The fourth-order valence-electron chi connectivity index (χ4n) is 1.68. The van der Waals surface area contributed by atoms with Crippen molar-refractivity contribution in [3.05, 3.63) is 17.6 Å². The molecule has 0 aliphatic rings. The van der Waals surface area contributed by atoms with Gasteiger partial charge < -0.3 is 19.8 Å². The predicted octanol–water partition coefficient (Wildman–Crippen LogP) is 0.226. The van der Waals surface area contributed by atoms with E-state index in [1.807, 2.05) is 0 Å². The number of rotatable bonds is 9. The maximum Gasteiger partial charge on any atom is 0.287 e. The van der Waals surface area contributed by atoms with Crippen LogP contribution in [0.1, 0.15) is 16.3 Å². The zero-order valence-corrected chi connectivity index (χ0v) is 15.3. The predicted molar refractivity (Wildman–Crippen MR) is 88.6 cm³/mol. The van der Waals surface area contributed by atoms with Gasteiger partial charge >= 0.3 is 0 Å². The molecule has 2 N–H and O–H groups in total. The molecule has 0 fully saturated rings. The van der Waals surface area contributed by atoms with Gasteiger partial charge in [-0.3, -0.25) is 4.79 Å². The van der Waals surface area contributed by atoms with Gasteiger partial charge in [-0.1, -0.05) is 0 Å². The van der Waals surface area contributed by atoms with Crippen molar-refractivity contribution in [2.75, 3.05) is 47.4 Å². The van der Waals surface area contributed by atoms with Gasteiger partial charge in [0.2, 0.25) is 10.0 Å². The quantitative estimate of drug-likeness (QED) is 0.604. The molecule has 8 nitrogen and oxygen atoms in total. The monoisotopic (exact) mass is 369 g/mol. The standard InChI is InChI=1S/C13H23N3O5S.ClH/c1-10-12(22(18,19)16(2)3)9-11(21-10)13(17)15-6-5-14-7-8-20-4;/h9,14H,5-8H2,1-4H3,(H,15,17);1H. The van der Waals surface area contributed by atoms with E-state index >= 15 is 0 Å². The number of carbonyl (C=O) groups is 1. The summed E-state index contributed by atoms with van der Waals surface area (Å²) in [7, 11) is 0.838. The number of amides is 1. The Kier molecular flexibility index (Phi) is 9.40. The highest BCUT2D eigenvalue weighted by atomic mass is 35.5. The van der Waals surface area contributed by atoms with Gasteiger partial charge in [-0.2, -0.15) is 0 Å². The highest BCUT2D eigenvalue weighted by molar-refractivity contribution is 7.89. The molecule has 0 unspecified atom stereocenters. The van der Waals surface area contributed by atoms with E-state index in [4.69, 9.17) is 9.15 Å². The van der Waals surface area contributed by atoms with E-state index < -0.39 is 15.9 Å². The lowest BCUT2D eigenvalue weighted by Gasteiger charge is -2.09. The number of sulfonamides is 1. The van der Waals surface area contributed by atoms with Crippen molar-refractivity contribution in [3.8, 4) is 0 Å². The van der Waals surface area contributed by atoms with Crippen molar-refractivity contribution in [2.24, 2.45) is 0 Å². The van der Waals surface area contributed by atoms with Crippen LogP contribution in [0.3, 0.4) is 0 Å². The van der Waals surface area contributed by atoms with E-state index in [-0.39, 0.29) is 28.8 Å². The van der Waals surface area contributed by atoms with E-state index in [9.17, 15) is 13.2 Å². The first kappa shape index (κ1) is 21.9. The first-order chi connectivity index (χ1) is 10.3. The molecule has 0 bridgehead atoms. The van der Waals surface area contributed by atoms with Crippen molar-refractivity contribution in [1.82, 2.24) is 14.9 Å². The molecule has 10 heteroatoms. The fourth-order valence-corrected chi connectivity index (χ4v) is 2.74. The second kappa shape index (κ2) is 9.89. The van der Waals surface area contributed by atoms with Crippen LogP contribution in [0, 0.1) is 6.92 Å². The minimum atomic E-state index is -3.62. The van der Waals surface area contributed by atoms with Gasteiger partial charge in [0, 0.05) is 46.9 Å². The maximum atomic E-state index is 12.1. The molecule has 0 spiro atoms. The number of nitrogens with one attached hydrogen (secondary N) is 2. The number of furan rings is 1. The maximum absolute atomic E-state index is 12.1. The zero-order valence-electron chi connectivity index (χ0n) is 13.7. The van der Waals surface area contributed by atoms with Crippen LogP contribution in [0.4, 0.5) is 0 Å². The van der Waals surface area contributed by atoms with Crippen molar-refractivity contribution in [1.29, 1.82) is 0 Å². The first-order valence-electron chi connectivity index (χ1n) is 6.81. The molecule has 134 valence electrons. The third-order valence-corrected chi connectivity index (χ3v) is 4.85. The summed E-state index contributed by atoms with van der Waals surface area (Å²) in [5.74, 6) is -0.274. The minimum absolute atomic E-state index is 0. The van der Waals surface area contributed by atoms with Gasteiger partial charge in [-0.05, 0) is 6.92 Å². The average molecular weight is 370 g/mol. The van der Waals surface area contributed by atoms with Gasteiger partial charge in [0.05, 0.1) is 6.61 Å². The van der Waals surface area contributed by atoms with Crippen molar-refractivity contribution in [2.45, 2.75) is 11.8 Å². The summed E-state index contributed by atoms with van der Waals surface area (Å²) in [4.78, 5) is 11.9. The lowest BCUT2D eigenvalue weighted by atomic mass is 10.4. The van der Waals surface area contributed by atoms with Crippen LogP contribution in [0.5, 0.6) is 0 Å². The van der Waals surface area contributed by atoms with Crippen molar-refractivity contribution >= 4 is 28.3 Å². The summed E-state index contributed by atoms with van der Waals surface area (Å²) in [6.07, 6.45) is 0. The number of hydrogen-bond acceptors (Lipinski definition) is 6. The number of aryl methyl sites for hydroxylation is 1. The molecule has 0 atom stereocenters. The third-order valence-electron chi connectivity index (χ3n) is 2.92. The third kappa shape index (κ3) is 6.11. The molecule has 0 aliphatic heterocycles. The lowest BCUT2D eigenvalue weighted by Crippen LogP contribution is -2.32. The molecule has 0 saturated carbocycles. The molecule has 0 radical (unpaired) electrons. The second-order valence-corrected chi connectivity index (χ2v) is 6.94. The number of hydrogen-bond donors (Lipinski definition) is 2. The van der Waals surface area contributed by atoms with E-state index in [0.717, 1.165) is 4.31 Å². The SMILES string of the molecule is COCCNCCNC(=O)c1cc(S(=O)(=O)N(C)C)c(C)o1.Cl. The van der Waals surface area contributed by atoms with Crippen LogP contribution in [0.15, 0.2) is 15.4 Å². The van der Waals surface area contributed by atoms with Gasteiger partial charge in [-0.15, -0.1) is 12.4 Å². The Morgan fingerprint density at radius 1 is 1.30 bits per heavy atom. The molecule has 0 aliphatic carbocycles. The van der Waals surface area contributed by atoms with E-state index in [1.165, 1.54) is 27.1 Å². The van der Waals surface area contributed by atoms with Crippen LogP contribution in [0.25, 0.3) is 0 Å². The Bertz CT molecular complexity index is 601. The Morgan fingerprint density at radius 3 is 2.52 bits per heavy atom. The summed E-state index contributed by atoms with van der Waals surface area (Å²) in [5, 5.41) is 5.73. The van der Waals surface area contributed by atoms with Crippen LogP contribution in [0.2, 0.25) is 0 Å². The van der Waals surface area contributed by atoms with E-state index in [0.29, 0.717) is 26.2 Å². The van der Waals surface area contributed by atoms with Crippen molar-refractivity contribution in [3.63, 3.8) is 0 Å². The Balaban J connectivity index is 0.00000484. The Hall–Kier alpha value is -1.13. The Morgan fingerprint density at radius 2 is 1.96 bits per heavy atom.